The average Bonchev–Trinajstić information content (AvgIpc) is 2.83. The quantitative estimate of drug-likeness (QED) is 0.758. The van der Waals surface area contributed by atoms with E-state index in [9.17, 15) is 9.90 Å². The van der Waals surface area contributed by atoms with E-state index in [0.717, 1.165) is 38.5 Å². The first kappa shape index (κ1) is 18.0. The Balaban J connectivity index is 1.67. The van der Waals surface area contributed by atoms with Crippen LogP contribution in [0.1, 0.15) is 86.0 Å². The molecular weight excluding hydrogens is 312 g/mol. The van der Waals surface area contributed by atoms with Gasteiger partial charge in [-0.05, 0) is 81.5 Å². The monoisotopic (exact) mass is 348 g/mol. The van der Waals surface area contributed by atoms with Crippen LogP contribution in [0.3, 0.4) is 0 Å². The van der Waals surface area contributed by atoms with Crippen molar-refractivity contribution in [2.45, 2.75) is 104 Å². The third kappa shape index (κ3) is 2.21. The molecule has 1 heterocycles. The van der Waals surface area contributed by atoms with Gasteiger partial charge in [0.2, 0.25) is 0 Å². The van der Waals surface area contributed by atoms with Gasteiger partial charge in [0.15, 0.2) is 0 Å². The van der Waals surface area contributed by atoms with E-state index >= 15 is 0 Å². The molecule has 4 rings (SSSR count). The second-order valence-corrected chi connectivity index (χ2v) is 10.8. The third-order valence-electron chi connectivity index (χ3n) is 9.39. The van der Waals surface area contributed by atoms with Crippen LogP contribution >= 0.6 is 0 Å². The molecule has 0 radical (unpaired) electrons. The zero-order chi connectivity index (χ0) is 18.3. The second kappa shape index (κ2) is 5.32. The molecule has 0 amide bonds. The van der Waals surface area contributed by atoms with Crippen molar-refractivity contribution in [3.05, 3.63) is 0 Å². The summed E-state index contributed by atoms with van der Waals surface area (Å²) in [7, 11) is 0. The Hall–Kier alpha value is -0.410. The van der Waals surface area contributed by atoms with Gasteiger partial charge in [-0.1, -0.05) is 20.8 Å². The normalized spacial score (nSPS) is 53.1. The summed E-state index contributed by atoms with van der Waals surface area (Å²) in [5.74, 6) is 1.68. The number of hydrogen-bond acceptors (Lipinski definition) is 3. The van der Waals surface area contributed by atoms with Crippen molar-refractivity contribution in [3.8, 4) is 0 Å². The SMILES string of the molecule is CC(C)(O)[C@@H]1CC[C@]2(C)[C@H](CC[C@@]3(C)[C@H]2CC[C@H]2CCC(=O)[C@@]23C)O1. The van der Waals surface area contributed by atoms with E-state index in [0.29, 0.717) is 17.6 Å². The minimum atomic E-state index is -0.771. The summed E-state index contributed by atoms with van der Waals surface area (Å²) in [5.41, 5.74) is -0.643. The molecule has 3 heteroatoms. The van der Waals surface area contributed by atoms with E-state index in [4.69, 9.17) is 4.74 Å². The summed E-state index contributed by atoms with van der Waals surface area (Å²) >= 11 is 0. The van der Waals surface area contributed by atoms with Gasteiger partial charge in [0.1, 0.15) is 5.78 Å². The van der Waals surface area contributed by atoms with E-state index in [1.54, 1.807) is 0 Å². The van der Waals surface area contributed by atoms with Crippen LogP contribution in [0.25, 0.3) is 0 Å². The van der Waals surface area contributed by atoms with E-state index in [1.807, 2.05) is 13.8 Å². The smallest absolute Gasteiger partial charge is 0.139 e. The van der Waals surface area contributed by atoms with Crippen molar-refractivity contribution < 1.29 is 14.6 Å². The number of carbonyl (C=O) groups is 1. The average molecular weight is 349 g/mol. The Bertz CT molecular complexity index is 578. The number of aliphatic hydroxyl groups is 1. The number of ether oxygens (including phenoxy) is 1. The molecule has 3 aliphatic carbocycles. The highest BCUT2D eigenvalue weighted by atomic mass is 16.5. The van der Waals surface area contributed by atoms with E-state index in [-0.39, 0.29) is 28.5 Å². The number of ketones is 1. The molecule has 1 aliphatic heterocycles. The van der Waals surface area contributed by atoms with Gasteiger partial charge in [-0.2, -0.15) is 0 Å². The third-order valence-corrected chi connectivity index (χ3v) is 9.39. The van der Waals surface area contributed by atoms with Crippen LogP contribution in [0, 0.1) is 28.1 Å². The number of hydrogen-bond donors (Lipinski definition) is 1. The Morgan fingerprint density at radius 2 is 1.76 bits per heavy atom. The lowest BCUT2D eigenvalue weighted by atomic mass is 9.40. The van der Waals surface area contributed by atoms with Gasteiger partial charge < -0.3 is 9.84 Å². The number of rotatable bonds is 1. The molecular formula is C22H36O3. The molecule has 1 saturated heterocycles. The molecule has 0 unspecified atom stereocenters. The highest BCUT2D eigenvalue weighted by Crippen LogP contribution is 2.70. The number of fused-ring (bicyclic) bond motifs is 5. The van der Waals surface area contributed by atoms with Gasteiger partial charge in [0.05, 0.1) is 17.8 Å². The van der Waals surface area contributed by atoms with E-state index in [1.165, 1.54) is 12.8 Å². The second-order valence-electron chi connectivity index (χ2n) is 10.8. The minimum Gasteiger partial charge on any atom is -0.388 e. The molecule has 7 atom stereocenters. The van der Waals surface area contributed by atoms with Crippen molar-refractivity contribution in [2.24, 2.45) is 28.1 Å². The van der Waals surface area contributed by atoms with Crippen LogP contribution in [0.5, 0.6) is 0 Å². The molecule has 4 fully saturated rings. The van der Waals surface area contributed by atoms with E-state index < -0.39 is 5.60 Å². The predicted octanol–water partition coefficient (Wildman–Crippen LogP) is 4.51. The Kier molecular flexibility index (Phi) is 3.82. The maximum absolute atomic E-state index is 13.0. The fraction of sp³-hybridized carbons (Fsp3) is 0.955. The van der Waals surface area contributed by atoms with Crippen molar-refractivity contribution >= 4 is 5.78 Å². The molecule has 0 aromatic carbocycles. The maximum Gasteiger partial charge on any atom is 0.139 e. The predicted molar refractivity (Wildman–Crippen MR) is 98.2 cm³/mol. The van der Waals surface area contributed by atoms with E-state index in [2.05, 4.69) is 20.8 Å². The Morgan fingerprint density at radius 3 is 2.44 bits per heavy atom. The summed E-state index contributed by atoms with van der Waals surface area (Å²) in [4.78, 5) is 13.0. The largest absolute Gasteiger partial charge is 0.388 e. The molecule has 0 bridgehead atoms. The van der Waals surface area contributed by atoms with Crippen molar-refractivity contribution in [2.75, 3.05) is 0 Å². The van der Waals surface area contributed by atoms with Gasteiger partial charge in [0.25, 0.3) is 0 Å². The molecule has 142 valence electrons. The first-order valence-corrected chi connectivity index (χ1v) is 10.4. The molecule has 0 spiro atoms. The van der Waals surface area contributed by atoms with Crippen molar-refractivity contribution in [1.29, 1.82) is 0 Å². The molecule has 0 aromatic rings. The Morgan fingerprint density at radius 1 is 1.04 bits per heavy atom. The molecule has 3 saturated carbocycles. The zero-order valence-corrected chi connectivity index (χ0v) is 16.7. The maximum atomic E-state index is 13.0. The highest BCUT2D eigenvalue weighted by molar-refractivity contribution is 5.88. The van der Waals surface area contributed by atoms with Crippen LogP contribution < -0.4 is 0 Å². The lowest BCUT2D eigenvalue weighted by Crippen LogP contribution is -2.64. The lowest BCUT2D eigenvalue weighted by Gasteiger charge is -2.66. The number of carbonyl (C=O) groups excluding carboxylic acids is 1. The highest BCUT2D eigenvalue weighted by Gasteiger charge is 2.68. The topological polar surface area (TPSA) is 46.5 Å². The fourth-order valence-electron chi connectivity index (χ4n) is 7.61. The number of Topliss-reactive ketones (excluding diaryl/α,β-unsaturated/α-hetero) is 1. The summed E-state index contributed by atoms with van der Waals surface area (Å²) in [5, 5.41) is 10.4. The zero-order valence-electron chi connectivity index (χ0n) is 16.7. The summed E-state index contributed by atoms with van der Waals surface area (Å²) in [6.07, 6.45) is 8.69. The molecule has 3 nitrogen and oxygen atoms in total. The molecule has 25 heavy (non-hydrogen) atoms. The minimum absolute atomic E-state index is 0.0602. The summed E-state index contributed by atoms with van der Waals surface area (Å²) in [6.45, 7) is 10.9. The molecule has 1 N–H and O–H groups in total. The van der Waals surface area contributed by atoms with Gasteiger partial charge >= 0.3 is 0 Å². The standard InChI is InChI=1S/C22H36O3/c1-19(2,24)17-10-12-20(3)15-8-6-14-7-9-16(23)22(14,5)21(15,4)13-11-18(20)25-17/h14-15,17-18,24H,6-13H2,1-5H3/t14-,15-,17-,18-,20-,21-,22+/m0/s1. The van der Waals surface area contributed by atoms with Crippen LogP contribution in [-0.4, -0.2) is 28.7 Å². The van der Waals surface area contributed by atoms with Crippen LogP contribution in [0.4, 0.5) is 0 Å². The van der Waals surface area contributed by atoms with Gasteiger partial charge in [0, 0.05) is 11.8 Å². The van der Waals surface area contributed by atoms with Crippen LogP contribution in [-0.2, 0) is 9.53 Å². The first-order valence-electron chi connectivity index (χ1n) is 10.4. The Labute approximate surface area is 152 Å². The summed E-state index contributed by atoms with van der Waals surface area (Å²) < 4.78 is 6.49. The fourth-order valence-corrected chi connectivity index (χ4v) is 7.61. The van der Waals surface area contributed by atoms with Crippen molar-refractivity contribution in [1.82, 2.24) is 0 Å². The summed E-state index contributed by atoms with van der Waals surface area (Å²) in [6, 6.07) is 0. The van der Waals surface area contributed by atoms with Crippen molar-refractivity contribution in [3.63, 3.8) is 0 Å². The van der Waals surface area contributed by atoms with Gasteiger partial charge in [-0.3, -0.25) is 4.79 Å². The van der Waals surface area contributed by atoms with Crippen LogP contribution in [0.15, 0.2) is 0 Å². The van der Waals surface area contributed by atoms with Gasteiger partial charge in [-0.15, -0.1) is 0 Å². The first-order chi connectivity index (χ1) is 11.5. The molecule has 0 aromatic heterocycles. The molecule has 4 aliphatic rings. The lowest BCUT2D eigenvalue weighted by molar-refractivity contribution is -0.251. The van der Waals surface area contributed by atoms with Gasteiger partial charge in [-0.25, -0.2) is 0 Å². The van der Waals surface area contributed by atoms with Crippen LogP contribution in [0.2, 0.25) is 0 Å².